The van der Waals surface area contributed by atoms with Crippen LogP contribution in [-0.2, 0) is 21.3 Å². The van der Waals surface area contributed by atoms with E-state index in [0.717, 1.165) is 16.7 Å². The van der Waals surface area contributed by atoms with Crippen molar-refractivity contribution in [2.75, 3.05) is 20.3 Å². The Morgan fingerprint density at radius 1 is 1.19 bits per heavy atom. The molecule has 0 spiro atoms. The highest BCUT2D eigenvalue weighted by atomic mass is 32.2. The number of rotatable bonds is 8. The summed E-state index contributed by atoms with van der Waals surface area (Å²) in [5, 5.41) is 3.32. The Labute approximate surface area is 128 Å². The molecule has 21 heavy (non-hydrogen) atoms. The van der Waals surface area contributed by atoms with Gasteiger partial charge in [0.1, 0.15) is 0 Å². The summed E-state index contributed by atoms with van der Waals surface area (Å²) in [5.41, 5.74) is 2.85. The van der Waals surface area contributed by atoms with Crippen LogP contribution in [-0.4, -0.2) is 34.7 Å². The first-order valence-electron chi connectivity index (χ1n) is 7.10. The molecule has 120 valence electrons. The van der Waals surface area contributed by atoms with Gasteiger partial charge in [0.05, 0.1) is 11.5 Å². The van der Waals surface area contributed by atoms with Gasteiger partial charge in [-0.25, -0.2) is 13.1 Å². The molecule has 1 aromatic rings. The van der Waals surface area contributed by atoms with Gasteiger partial charge in [-0.15, -0.1) is 0 Å². The Morgan fingerprint density at radius 3 is 2.43 bits per heavy atom. The van der Waals surface area contributed by atoms with Crippen LogP contribution in [0.3, 0.4) is 0 Å². The monoisotopic (exact) mass is 314 g/mol. The molecule has 0 amide bonds. The smallest absolute Gasteiger partial charge is 0.240 e. The highest BCUT2D eigenvalue weighted by Gasteiger charge is 2.18. The van der Waals surface area contributed by atoms with Gasteiger partial charge in [0, 0.05) is 26.2 Å². The highest BCUT2D eigenvalue weighted by molar-refractivity contribution is 7.89. The third-order valence-corrected chi connectivity index (χ3v) is 4.83. The highest BCUT2D eigenvalue weighted by Crippen LogP contribution is 2.20. The van der Waals surface area contributed by atoms with Crippen molar-refractivity contribution in [3.63, 3.8) is 0 Å². The zero-order chi connectivity index (χ0) is 16.0. The lowest BCUT2D eigenvalue weighted by Gasteiger charge is -2.15. The van der Waals surface area contributed by atoms with Gasteiger partial charge in [-0.3, -0.25) is 0 Å². The standard InChI is InChI=1S/C15H26N2O3S/c1-11(2)16-10-14-9-15(13(4)8-12(14)3)21(18,19)17-6-7-20-5/h8-9,11,16-17H,6-7,10H2,1-5H3. The first-order chi connectivity index (χ1) is 9.77. The maximum absolute atomic E-state index is 12.3. The zero-order valence-electron chi connectivity index (χ0n) is 13.5. The number of sulfonamides is 1. The molecule has 0 aliphatic carbocycles. The predicted molar refractivity (Wildman–Crippen MR) is 85.0 cm³/mol. The van der Waals surface area contributed by atoms with E-state index in [9.17, 15) is 8.42 Å². The minimum Gasteiger partial charge on any atom is -0.383 e. The van der Waals surface area contributed by atoms with Gasteiger partial charge < -0.3 is 10.1 Å². The van der Waals surface area contributed by atoms with Gasteiger partial charge in [0.2, 0.25) is 10.0 Å². The van der Waals surface area contributed by atoms with Crippen LogP contribution in [0, 0.1) is 13.8 Å². The molecule has 0 atom stereocenters. The summed E-state index contributed by atoms with van der Waals surface area (Å²) in [6.07, 6.45) is 0. The molecule has 0 saturated heterocycles. The fraction of sp³-hybridized carbons (Fsp3) is 0.600. The number of ether oxygens (including phenoxy) is 1. The van der Waals surface area contributed by atoms with Crippen LogP contribution >= 0.6 is 0 Å². The third kappa shape index (κ3) is 5.39. The van der Waals surface area contributed by atoms with E-state index in [-0.39, 0.29) is 6.54 Å². The van der Waals surface area contributed by atoms with Crippen LogP contribution in [0.1, 0.15) is 30.5 Å². The SMILES string of the molecule is COCCNS(=O)(=O)c1cc(CNC(C)C)c(C)cc1C. The summed E-state index contributed by atoms with van der Waals surface area (Å²) in [7, 11) is -1.96. The van der Waals surface area contributed by atoms with Gasteiger partial charge in [-0.2, -0.15) is 0 Å². The molecule has 0 radical (unpaired) electrons. The Hall–Kier alpha value is -0.950. The molecule has 0 aromatic heterocycles. The molecule has 1 aromatic carbocycles. The van der Waals surface area contributed by atoms with E-state index in [1.54, 1.807) is 13.2 Å². The summed E-state index contributed by atoms with van der Waals surface area (Å²) < 4.78 is 32.1. The summed E-state index contributed by atoms with van der Waals surface area (Å²) in [6.45, 7) is 9.22. The van der Waals surface area contributed by atoms with E-state index in [4.69, 9.17) is 4.74 Å². The van der Waals surface area contributed by atoms with Gasteiger partial charge in [0.15, 0.2) is 0 Å². The van der Waals surface area contributed by atoms with Crippen molar-refractivity contribution in [3.05, 3.63) is 28.8 Å². The first kappa shape index (κ1) is 18.1. The molecule has 1 rings (SSSR count). The molecule has 0 aliphatic heterocycles. The fourth-order valence-electron chi connectivity index (χ4n) is 2.02. The van der Waals surface area contributed by atoms with E-state index in [1.165, 1.54) is 0 Å². The molecule has 0 aliphatic rings. The number of benzene rings is 1. The first-order valence-corrected chi connectivity index (χ1v) is 8.58. The molecule has 0 saturated carbocycles. The van der Waals surface area contributed by atoms with E-state index in [2.05, 4.69) is 23.9 Å². The number of hydrogen-bond donors (Lipinski definition) is 2. The summed E-state index contributed by atoms with van der Waals surface area (Å²) >= 11 is 0. The number of aryl methyl sites for hydroxylation is 2. The van der Waals surface area contributed by atoms with Crippen molar-refractivity contribution >= 4 is 10.0 Å². The number of methoxy groups -OCH3 is 1. The van der Waals surface area contributed by atoms with Crippen LogP contribution < -0.4 is 10.0 Å². The lowest BCUT2D eigenvalue weighted by molar-refractivity contribution is 0.204. The zero-order valence-corrected chi connectivity index (χ0v) is 14.3. The number of hydrogen-bond acceptors (Lipinski definition) is 4. The number of nitrogens with one attached hydrogen (secondary N) is 2. The molecular formula is C15H26N2O3S. The van der Waals surface area contributed by atoms with Crippen LogP contribution in [0.5, 0.6) is 0 Å². The van der Waals surface area contributed by atoms with Crippen molar-refractivity contribution < 1.29 is 13.2 Å². The second-order valence-corrected chi connectivity index (χ2v) is 7.21. The van der Waals surface area contributed by atoms with E-state index >= 15 is 0 Å². The average Bonchev–Trinajstić information content (AvgIpc) is 2.37. The Morgan fingerprint density at radius 2 is 1.86 bits per heavy atom. The molecule has 0 unspecified atom stereocenters. The molecular weight excluding hydrogens is 288 g/mol. The maximum atomic E-state index is 12.3. The normalized spacial score (nSPS) is 12.1. The molecule has 0 heterocycles. The van der Waals surface area contributed by atoms with E-state index in [1.807, 2.05) is 19.9 Å². The van der Waals surface area contributed by atoms with Crippen LogP contribution in [0.15, 0.2) is 17.0 Å². The van der Waals surface area contributed by atoms with Gasteiger partial charge in [0.25, 0.3) is 0 Å². The maximum Gasteiger partial charge on any atom is 0.240 e. The second kappa shape index (κ2) is 7.89. The quantitative estimate of drug-likeness (QED) is 0.717. The van der Waals surface area contributed by atoms with Crippen molar-refractivity contribution in [2.24, 2.45) is 0 Å². The molecule has 2 N–H and O–H groups in total. The summed E-state index contributed by atoms with van der Waals surface area (Å²) in [4.78, 5) is 0.338. The van der Waals surface area contributed by atoms with Gasteiger partial charge >= 0.3 is 0 Å². The minimum atomic E-state index is -3.50. The Kier molecular flexibility index (Phi) is 6.80. The van der Waals surface area contributed by atoms with E-state index in [0.29, 0.717) is 24.1 Å². The predicted octanol–water partition coefficient (Wildman–Crippen LogP) is 1.73. The Bertz CT molecular complexity index is 569. The Balaban J connectivity index is 3.03. The summed E-state index contributed by atoms with van der Waals surface area (Å²) in [6, 6.07) is 4.03. The molecule has 6 heteroatoms. The van der Waals surface area contributed by atoms with Crippen LogP contribution in [0.25, 0.3) is 0 Å². The van der Waals surface area contributed by atoms with Crippen molar-refractivity contribution in [2.45, 2.75) is 45.2 Å². The van der Waals surface area contributed by atoms with Crippen LogP contribution in [0.4, 0.5) is 0 Å². The second-order valence-electron chi connectivity index (χ2n) is 5.47. The van der Waals surface area contributed by atoms with E-state index < -0.39 is 10.0 Å². The van der Waals surface area contributed by atoms with Crippen molar-refractivity contribution in [1.82, 2.24) is 10.0 Å². The molecule has 5 nitrogen and oxygen atoms in total. The minimum absolute atomic E-state index is 0.270. The van der Waals surface area contributed by atoms with Crippen molar-refractivity contribution in [1.29, 1.82) is 0 Å². The van der Waals surface area contributed by atoms with Crippen LogP contribution in [0.2, 0.25) is 0 Å². The summed E-state index contributed by atoms with van der Waals surface area (Å²) in [5.74, 6) is 0. The topological polar surface area (TPSA) is 67.4 Å². The molecule has 0 fully saturated rings. The van der Waals surface area contributed by atoms with Gasteiger partial charge in [-0.05, 0) is 36.6 Å². The largest absolute Gasteiger partial charge is 0.383 e. The van der Waals surface area contributed by atoms with Gasteiger partial charge in [-0.1, -0.05) is 19.9 Å². The lowest BCUT2D eigenvalue weighted by Crippen LogP contribution is -2.28. The fourth-order valence-corrected chi connectivity index (χ4v) is 3.31. The third-order valence-electron chi connectivity index (χ3n) is 3.22. The molecule has 0 bridgehead atoms. The lowest BCUT2D eigenvalue weighted by atomic mass is 10.1. The van der Waals surface area contributed by atoms with Crippen molar-refractivity contribution in [3.8, 4) is 0 Å². The average molecular weight is 314 g/mol.